The number of carboxylic acids is 2. The first-order valence-corrected chi connectivity index (χ1v) is 24.1. The van der Waals surface area contributed by atoms with E-state index in [1.165, 1.54) is 44.0 Å². The molecule has 2 aromatic heterocycles. The molecule has 0 unspecified atom stereocenters. The molecule has 0 aliphatic carbocycles. The van der Waals surface area contributed by atoms with Gasteiger partial charge in [0.2, 0.25) is 28.8 Å². The van der Waals surface area contributed by atoms with Crippen LogP contribution in [-0.2, 0) is 27.2 Å². The summed E-state index contributed by atoms with van der Waals surface area (Å²) >= 11 is 16.5. The number of aromatic nitrogens is 4. The van der Waals surface area contributed by atoms with Gasteiger partial charge in [0.05, 0.1) is 37.7 Å². The van der Waals surface area contributed by atoms with Gasteiger partial charge in [0.25, 0.3) is 5.91 Å². The number of nitrogens with two attached hydrogens (primary N) is 1. The summed E-state index contributed by atoms with van der Waals surface area (Å²) < 4.78 is 10.2. The highest BCUT2D eigenvalue weighted by Gasteiger charge is 2.28. The van der Waals surface area contributed by atoms with E-state index in [9.17, 15) is 28.8 Å². The van der Waals surface area contributed by atoms with E-state index in [1.54, 1.807) is 63.6 Å². The van der Waals surface area contributed by atoms with Gasteiger partial charge in [-0.1, -0.05) is 42.9 Å². The third-order valence-electron chi connectivity index (χ3n) is 11.1. The molecule has 0 bridgehead atoms. The van der Waals surface area contributed by atoms with E-state index in [2.05, 4.69) is 55.6 Å². The molecule has 0 spiro atoms. The molecule has 0 radical (unpaired) electrons. The summed E-state index contributed by atoms with van der Waals surface area (Å²) in [6.07, 6.45) is 10.2. The Morgan fingerprint density at radius 2 is 1.17 bits per heavy atom. The molecule has 3 amide bonds. The normalized spacial score (nSPS) is 13.8. The number of nitrogen functional groups attached to an aromatic ring is 1. The van der Waals surface area contributed by atoms with E-state index < -0.39 is 17.2 Å². The Morgan fingerprint density at radius 1 is 0.724 bits per heavy atom. The summed E-state index contributed by atoms with van der Waals surface area (Å²) in [5.74, 6) is 0.673. The van der Waals surface area contributed by atoms with Crippen molar-refractivity contribution in [1.29, 1.82) is 0 Å². The predicted octanol–water partition coefficient (Wildman–Crippen LogP) is 9.02. The van der Waals surface area contributed by atoms with Crippen LogP contribution < -0.4 is 31.2 Å². The number of benzene rings is 3. The molecular formula is C53H61Cl4N9O10. The smallest absolute Gasteiger partial charge is 0.335 e. The van der Waals surface area contributed by atoms with Crippen LogP contribution in [0.3, 0.4) is 0 Å². The van der Waals surface area contributed by atoms with Crippen molar-refractivity contribution in [3.05, 3.63) is 160 Å². The average molecular weight is 1130 g/mol. The first-order valence-electron chi connectivity index (χ1n) is 23.0. The van der Waals surface area contributed by atoms with Gasteiger partial charge in [-0.15, -0.1) is 12.4 Å². The molecule has 4 heterocycles. The van der Waals surface area contributed by atoms with Gasteiger partial charge in [-0.25, -0.2) is 19.6 Å². The Kier molecular flexibility index (Phi) is 27.9. The Balaban J connectivity index is 0.000000358. The maximum absolute atomic E-state index is 12.9. The molecule has 7 rings (SSSR count). The number of aryl methyl sites for hydroxylation is 3. The minimum absolute atomic E-state index is 0. The van der Waals surface area contributed by atoms with Crippen molar-refractivity contribution in [3.63, 3.8) is 0 Å². The van der Waals surface area contributed by atoms with E-state index in [4.69, 9.17) is 60.2 Å². The first kappa shape index (κ1) is 64.7. The van der Waals surface area contributed by atoms with Crippen LogP contribution in [0.2, 0.25) is 10.0 Å². The highest BCUT2D eigenvalue weighted by Crippen LogP contribution is 2.26. The first-order chi connectivity index (χ1) is 35.6. The highest BCUT2D eigenvalue weighted by atomic mass is 35.5. The number of carbonyl (C=O) groups is 6. The molecule has 0 saturated carbocycles. The standard InChI is InChI=1S/C21H23ClN4O3.C11H11NO3.C10H14ClN3O.C8H9NO2.C3H3ClO.ClH/c1-4-19(27)24-17-6-5-15(9-13(17)2)21(28)26-8-7-14(12-26)10-18-23-11-16(22)20(25-18)29-3;1-3-10(13)12-9-5-4-8(11(14)15)6-7(9)2;1-15-10-8(11)6-13-9(14-10)4-7-2-3-12-5-7;1-5-4-6(8(10)11)2-3-7(5)9;1-2-3(4)5;/h4-6,9,11,14H,1,7-8,10,12H2,2-3H3,(H,24,27);3-6H,1H2,2H3,(H,12,13)(H,14,15);6-7,12H,2-5H2,1H3;2-4H,9H2,1H3,(H,10,11);2H,1H2;1H/t14-;;7-;;;/m0.0.../s1. The topological polar surface area (TPSA) is 278 Å². The number of carboxylic acid groups (broad SMARTS) is 2. The monoisotopic (exact) mass is 1120 g/mol. The van der Waals surface area contributed by atoms with Crippen molar-refractivity contribution in [2.45, 2.75) is 46.5 Å². The summed E-state index contributed by atoms with van der Waals surface area (Å²) in [5, 5.41) is 26.2. The van der Waals surface area contributed by atoms with E-state index in [0.717, 1.165) is 55.0 Å². The molecule has 2 aliphatic rings. The van der Waals surface area contributed by atoms with E-state index in [0.29, 0.717) is 81.2 Å². The van der Waals surface area contributed by atoms with Gasteiger partial charge < -0.3 is 46.3 Å². The van der Waals surface area contributed by atoms with E-state index in [-0.39, 0.29) is 47.2 Å². The van der Waals surface area contributed by atoms with Gasteiger partial charge in [-0.3, -0.25) is 19.2 Å². The maximum Gasteiger partial charge on any atom is 0.335 e. The van der Waals surface area contributed by atoms with Crippen LogP contribution in [0.4, 0.5) is 17.1 Å². The van der Waals surface area contributed by atoms with E-state index in [1.807, 2.05) is 11.8 Å². The minimum Gasteiger partial charge on any atom is -0.480 e. The molecule has 2 atom stereocenters. The van der Waals surface area contributed by atoms with Gasteiger partial charge in [-0.2, -0.15) is 9.97 Å². The SMILES string of the molecule is C=CC(=O)Cl.C=CC(=O)Nc1ccc(C(=O)N2CC[C@@H](Cc3ncc(Cl)c(OC)n3)C2)cc1C.C=CC(=O)Nc1ccc(C(=O)O)cc1C.COc1nc(C[C@@H]2CCNC2)ncc1Cl.Cc1cc(C(=O)O)ccc1N.Cl. The molecule has 76 heavy (non-hydrogen) atoms. The fourth-order valence-electron chi connectivity index (χ4n) is 7.08. The number of aromatic carboxylic acids is 2. The number of anilines is 3. The summed E-state index contributed by atoms with van der Waals surface area (Å²) in [7, 11) is 3.08. The molecule has 2 fully saturated rings. The van der Waals surface area contributed by atoms with Crippen LogP contribution in [0.25, 0.3) is 0 Å². The lowest BCUT2D eigenvalue weighted by atomic mass is 10.0. The molecule has 2 aliphatic heterocycles. The number of likely N-dealkylation sites (tertiary alicyclic amines) is 1. The fraction of sp³-hybridized carbons (Fsp3) is 0.283. The molecule has 406 valence electrons. The number of nitrogens with one attached hydrogen (secondary N) is 3. The maximum atomic E-state index is 12.9. The Labute approximate surface area is 462 Å². The van der Waals surface area contributed by atoms with Crippen LogP contribution in [0, 0.1) is 32.6 Å². The summed E-state index contributed by atoms with van der Waals surface area (Å²) in [6.45, 7) is 18.7. The lowest BCUT2D eigenvalue weighted by Gasteiger charge is -2.17. The van der Waals surface area contributed by atoms with Crippen molar-refractivity contribution in [2.24, 2.45) is 11.8 Å². The second-order valence-electron chi connectivity index (χ2n) is 16.6. The second kappa shape index (κ2) is 32.8. The fourth-order valence-corrected chi connectivity index (χ4v) is 7.41. The molecular weight excluding hydrogens is 1060 g/mol. The van der Waals surface area contributed by atoms with Crippen LogP contribution in [0.15, 0.2) is 105 Å². The lowest BCUT2D eigenvalue weighted by molar-refractivity contribution is -0.112. The second-order valence-corrected chi connectivity index (χ2v) is 17.8. The number of methoxy groups -OCH3 is 2. The van der Waals surface area contributed by atoms with Gasteiger partial charge in [0.15, 0.2) is 0 Å². The van der Waals surface area contributed by atoms with Crippen LogP contribution in [-0.4, -0.2) is 110 Å². The third kappa shape index (κ3) is 21.4. The summed E-state index contributed by atoms with van der Waals surface area (Å²) in [6, 6.07) is 14.4. The quantitative estimate of drug-likeness (QED) is 0.0344. The zero-order valence-electron chi connectivity index (χ0n) is 42.5. The van der Waals surface area contributed by atoms with Crippen molar-refractivity contribution in [3.8, 4) is 11.8 Å². The number of rotatable bonds is 14. The summed E-state index contributed by atoms with van der Waals surface area (Å²) in [4.78, 5) is 84.8. The summed E-state index contributed by atoms with van der Waals surface area (Å²) in [5.41, 5.74) is 10.8. The number of hydrogen-bond acceptors (Lipinski definition) is 14. The number of nitrogens with zero attached hydrogens (tertiary/aromatic N) is 5. The minimum atomic E-state index is -0.986. The van der Waals surface area contributed by atoms with Gasteiger partial charge in [0, 0.05) is 48.6 Å². The molecule has 5 aromatic rings. The highest BCUT2D eigenvalue weighted by molar-refractivity contribution is 6.66. The molecule has 19 nitrogen and oxygen atoms in total. The lowest BCUT2D eigenvalue weighted by Crippen LogP contribution is -2.29. The average Bonchev–Trinajstić information content (AvgIpc) is 4.10. The van der Waals surface area contributed by atoms with Gasteiger partial charge in [0.1, 0.15) is 21.7 Å². The Bertz CT molecular complexity index is 2870. The number of allylic oxidation sites excluding steroid dienone is 1. The number of amides is 3. The van der Waals surface area contributed by atoms with E-state index >= 15 is 0 Å². The zero-order chi connectivity index (χ0) is 55.8. The van der Waals surface area contributed by atoms with Crippen molar-refractivity contribution < 1.29 is 48.5 Å². The van der Waals surface area contributed by atoms with Crippen molar-refractivity contribution >= 4 is 99.2 Å². The Hall–Kier alpha value is -7.42. The van der Waals surface area contributed by atoms with Gasteiger partial charge >= 0.3 is 11.9 Å². The number of halogens is 4. The molecule has 3 aromatic carbocycles. The van der Waals surface area contributed by atoms with Crippen LogP contribution >= 0.6 is 47.2 Å². The molecule has 7 N–H and O–H groups in total. The third-order valence-corrected chi connectivity index (χ3v) is 11.8. The van der Waals surface area contributed by atoms with Crippen molar-refractivity contribution in [2.75, 3.05) is 56.8 Å². The predicted molar refractivity (Wildman–Crippen MR) is 297 cm³/mol. The van der Waals surface area contributed by atoms with Gasteiger partial charge in [-0.05, 0) is 160 Å². The van der Waals surface area contributed by atoms with Crippen molar-refractivity contribution in [1.82, 2.24) is 30.2 Å². The number of ether oxygens (including phenoxy) is 2. The molecule has 2 saturated heterocycles. The Morgan fingerprint density at radius 3 is 1.58 bits per heavy atom. The van der Waals surface area contributed by atoms with Crippen LogP contribution in [0.1, 0.15) is 72.3 Å². The van der Waals surface area contributed by atoms with Crippen LogP contribution in [0.5, 0.6) is 11.8 Å². The zero-order valence-corrected chi connectivity index (χ0v) is 45.6. The number of hydrogen-bond donors (Lipinski definition) is 6. The number of carbonyl (C=O) groups excluding carboxylic acids is 4. The molecule has 23 heteroatoms. The largest absolute Gasteiger partial charge is 0.480 e.